The normalized spacial score (nSPS) is 38.1. The largest absolute Gasteiger partial charge is 0.349 e. The van der Waals surface area contributed by atoms with Gasteiger partial charge in [0.1, 0.15) is 0 Å². The van der Waals surface area contributed by atoms with Crippen LogP contribution >= 0.6 is 27.5 Å². The molecule has 100 valence electrons. The van der Waals surface area contributed by atoms with Crippen molar-refractivity contribution in [2.45, 2.75) is 25.3 Å². The highest BCUT2D eigenvalue weighted by atomic mass is 79.9. The van der Waals surface area contributed by atoms with E-state index in [-0.39, 0.29) is 5.91 Å². The molecule has 0 radical (unpaired) electrons. The molecule has 0 aromatic heterocycles. The Morgan fingerprint density at radius 3 is 2.58 bits per heavy atom. The Balaban J connectivity index is 1.46. The van der Waals surface area contributed by atoms with Gasteiger partial charge in [-0.25, -0.2) is 0 Å². The molecule has 4 heteroatoms. The number of carbonyl (C=O) groups excluding carboxylic acids is 1. The standard InChI is InChI=1S/C15H15BrClNO/c16-10-6-9(3-4-11(10)17)15(19)18-14-12-7-1-2-8(5-7)13(12)14/h3-4,6-8,12-14H,1-2,5H2,(H,18,19). The van der Waals surface area contributed by atoms with Gasteiger partial charge in [-0.2, -0.15) is 0 Å². The van der Waals surface area contributed by atoms with Gasteiger partial charge in [-0.3, -0.25) is 4.79 Å². The first-order valence-electron chi connectivity index (χ1n) is 6.91. The highest BCUT2D eigenvalue weighted by molar-refractivity contribution is 9.10. The Hall–Kier alpha value is -0.540. The molecule has 0 saturated heterocycles. The molecule has 3 saturated carbocycles. The Kier molecular flexibility index (Phi) is 2.72. The number of halogens is 2. The van der Waals surface area contributed by atoms with Crippen LogP contribution in [0.4, 0.5) is 0 Å². The molecule has 4 atom stereocenters. The van der Waals surface area contributed by atoms with Crippen LogP contribution in [0.15, 0.2) is 22.7 Å². The minimum absolute atomic E-state index is 0.0381. The van der Waals surface area contributed by atoms with Crippen LogP contribution in [0.5, 0.6) is 0 Å². The number of nitrogens with one attached hydrogen (secondary N) is 1. The Bertz CT molecular complexity index is 545. The Morgan fingerprint density at radius 1 is 1.26 bits per heavy atom. The van der Waals surface area contributed by atoms with Crippen LogP contribution in [0.2, 0.25) is 5.02 Å². The van der Waals surface area contributed by atoms with Crippen molar-refractivity contribution < 1.29 is 4.79 Å². The van der Waals surface area contributed by atoms with Gasteiger partial charge in [0.25, 0.3) is 5.91 Å². The molecule has 2 nitrogen and oxygen atoms in total. The van der Waals surface area contributed by atoms with E-state index in [9.17, 15) is 4.79 Å². The molecular formula is C15H15BrClNO. The summed E-state index contributed by atoms with van der Waals surface area (Å²) in [7, 11) is 0. The van der Waals surface area contributed by atoms with Crippen molar-refractivity contribution in [2.24, 2.45) is 23.7 Å². The molecule has 3 aliphatic rings. The molecule has 4 rings (SSSR count). The Morgan fingerprint density at radius 2 is 1.95 bits per heavy atom. The second kappa shape index (κ2) is 4.23. The fourth-order valence-electron chi connectivity index (χ4n) is 4.39. The number of hydrogen-bond acceptors (Lipinski definition) is 1. The van der Waals surface area contributed by atoms with Crippen LogP contribution in [-0.2, 0) is 0 Å². The van der Waals surface area contributed by atoms with Gasteiger partial charge >= 0.3 is 0 Å². The first-order chi connectivity index (χ1) is 9.15. The third-order valence-electron chi connectivity index (χ3n) is 5.21. The van der Waals surface area contributed by atoms with E-state index in [1.165, 1.54) is 19.3 Å². The monoisotopic (exact) mass is 339 g/mol. The molecule has 4 unspecified atom stereocenters. The molecule has 3 aliphatic carbocycles. The lowest BCUT2D eigenvalue weighted by atomic mass is 10.0. The summed E-state index contributed by atoms with van der Waals surface area (Å²) in [6.07, 6.45) is 4.17. The average molecular weight is 341 g/mol. The minimum atomic E-state index is 0.0381. The molecule has 1 N–H and O–H groups in total. The van der Waals surface area contributed by atoms with E-state index in [1.54, 1.807) is 18.2 Å². The molecular weight excluding hydrogens is 326 g/mol. The summed E-state index contributed by atoms with van der Waals surface area (Å²) < 4.78 is 0.776. The number of carbonyl (C=O) groups is 1. The van der Waals surface area contributed by atoms with E-state index in [2.05, 4.69) is 21.2 Å². The first-order valence-corrected chi connectivity index (χ1v) is 8.08. The van der Waals surface area contributed by atoms with Crippen molar-refractivity contribution in [2.75, 3.05) is 0 Å². The van der Waals surface area contributed by atoms with Crippen molar-refractivity contribution in [3.63, 3.8) is 0 Å². The lowest BCUT2D eigenvalue weighted by Crippen LogP contribution is -2.29. The summed E-state index contributed by atoms with van der Waals surface area (Å²) >= 11 is 9.31. The summed E-state index contributed by atoms with van der Waals surface area (Å²) in [5.74, 6) is 3.36. The summed E-state index contributed by atoms with van der Waals surface area (Å²) in [4.78, 5) is 12.2. The van der Waals surface area contributed by atoms with E-state index in [0.29, 0.717) is 16.6 Å². The highest BCUT2D eigenvalue weighted by Gasteiger charge is 2.65. The van der Waals surface area contributed by atoms with Crippen LogP contribution in [0.1, 0.15) is 29.6 Å². The molecule has 3 fully saturated rings. The lowest BCUT2D eigenvalue weighted by molar-refractivity contribution is 0.0944. The molecule has 1 amide bonds. The van der Waals surface area contributed by atoms with Crippen molar-refractivity contribution in [3.8, 4) is 0 Å². The second-order valence-corrected chi connectivity index (χ2v) is 7.38. The zero-order valence-electron chi connectivity index (χ0n) is 10.4. The first kappa shape index (κ1) is 12.2. The van der Waals surface area contributed by atoms with E-state index in [1.807, 2.05) is 0 Å². The summed E-state index contributed by atoms with van der Waals surface area (Å²) in [5.41, 5.74) is 0.689. The zero-order chi connectivity index (χ0) is 13.1. The maximum atomic E-state index is 12.2. The van der Waals surface area contributed by atoms with Crippen molar-refractivity contribution in [1.29, 1.82) is 0 Å². The number of fused-ring (bicyclic) bond motifs is 5. The van der Waals surface area contributed by atoms with Crippen molar-refractivity contribution in [1.82, 2.24) is 5.32 Å². The van der Waals surface area contributed by atoms with Gasteiger partial charge < -0.3 is 5.32 Å². The maximum Gasteiger partial charge on any atom is 0.251 e. The zero-order valence-corrected chi connectivity index (χ0v) is 12.7. The maximum absolute atomic E-state index is 12.2. The van der Waals surface area contributed by atoms with Crippen LogP contribution in [0.3, 0.4) is 0 Å². The third kappa shape index (κ3) is 1.85. The van der Waals surface area contributed by atoms with Gasteiger partial charge in [-0.1, -0.05) is 11.6 Å². The molecule has 0 spiro atoms. The molecule has 1 aromatic rings. The fourth-order valence-corrected chi connectivity index (χ4v) is 4.89. The SMILES string of the molecule is O=C(NC1C2C3CCC(C3)C12)c1ccc(Cl)c(Br)c1. The van der Waals surface area contributed by atoms with E-state index < -0.39 is 0 Å². The van der Waals surface area contributed by atoms with E-state index in [0.717, 1.165) is 28.1 Å². The van der Waals surface area contributed by atoms with Gasteiger partial charge in [0.05, 0.1) is 5.02 Å². The fraction of sp³-hybridized carbons (Fsp3) is 0.533. The Labute approximate surface area is 126 Å². The number of rotatable bonds is 2. The van der Waals surface area contributed by atoms with Crippen molar-refractivity contribution in [3.05, 3.63) is 33.3 Å². The molecule has 0 aliphatic heterocycles. The summed E-state index contributed by atoms with van der Waals surface area (Å²) in [6, 6.07) is 5.78. The van der Waals surface area contributed by atoms with Crippen molar-refractivity contribution >= 4 is 33.4 Å². The van der Waals surface area contributed by atoms with Crippen LogP contribution < -0.4 is 5.32 Å². The van der Waals surface area contributed by atoms with E-state index in [4.69, 9.17) is 11.6 Å². The molecule has 2 bridgehead atoms. The minimum Gasteiger partial charge on any atom is -0.349 e. The van der Waals surface area contributed by atoms with Gasteiger partial charge in [-0.05, 0) is 77.1 Å². The van der Waals surface area contributed by atoms with Gasteiger partial charge in [0.15, 0.2) is 0 Å². The molecule has 1 aromatic carbocycles. The lowest BCUT2D eigenvalue weighted by Gasteiger charge is -2.11. The van der Waals surface area contributed by atoms with Gasteiger partial charge in [0.2, 0.25) is 0 Å². The predicted octanol–water partition coefficient (Wildman–Crippen LogP) is 3.88. The topological polar surface area (TPSA) is 29.1 Å². The predicted molar refractivity (Wildman–Crippen MR) is 78.2 cm³/mol. The van der Waals surface area contributed by atoms with Crippen LogP contribution in [0, 0.1) is 23.7 Å². The smallest absolute Gasteiger partial charge is 0.251 e. The second-order valence-electron chi connectivity index (χ2n) is 6.12. The molecule has 19 heavy (non-hydrogen) atoms. The third-order valence-corrected chi connectivity index (χ3v) is 6.43. The van der Waals surface area contributed by atoms with Crippen LogP contribution in [-0.4, -0.2) is 11.9 Å². The quantitative estimate of drug-likeness (QED) is 0.870. The summed E-state index contributed by atoms with van der Waals surface area (Å²) in [5, 5.41) is 3.85. The van der Waals surface area contributed by atoms with Crippen LogP contribution in [0.25, 0.3) is 0 Å². The number of hydrogen-bond donors (Lipinski definition) is 1. The average Bonchev–Trinajstić information content (AvgIpc) is 2.81. The highest BCUT2D eigenvalue weighted by Crippen LogP contribution is 2.65. The van der Waals surface area contributed by atoms with Gasteiger partial charge in [0, 0.05) is 16.1 Å². The van der Waals surface area contributed by atoms with Gasteiger partial charge in [-0.15, -0.1) is 0 Å². The number of amides is 1. The number of benzene rings is 1. The summed E-state index contributed by atoms with van der Waals surface area (Å²) in [6.45, 7) is 0. The van der Waals surface area contributed by atoms with E-state index >= 15 is 0 Å². The molecule has 0 heterocycles.